The first-order valence-electron chi connectivity index (χ1n) is 6.47. The number of ether oxygens (including phenoxy) is 1. The summed E-state index contributed by atoms with van der Waals surface area (Å²) in [7, 11) is 0. The Balaban J connectivity index is 2.21. The minimum atomic E-state index is -0.467. The average molecular weight is 265 g/mol. The number of carbonyl (C=O) groups is 1. The number of nitrogens with one attached hydrogen (secondary N) is 2. The summed E-state index contributed by atoms with van der Waals surface area (Å²) in [6, 6.07) is 5.79. The van der Waals surface area contributed by atoms with Crippen LogP contribution >= 0.6 is 0 Å². The Labute approximate surface area is 114 Å². The van der Waals surface area contributed by atoms with Crippen LogP contribution in [0.2, 0.25) is 0 Å². The highest BCUT2D eigenvalue weighted by molar-refractivity contribution is 5.68. The van der Waals surface area contributed by atoms with Gasteiger partial charge in [0.15, 0.2) is 0 Å². The van der Waals surface area contributed by atoms with Crippen LogP contribution in [0.5, 0.6) is 0 Å². The van der Waals surface area contributed by atoms with Crippen LogP contribution in [0.3, 0.4) is 0 Å². The van der Waals surface area contributed by atoms with Gasteiger partial charge >= 0.3 is 6.09 Å². The fraction of sp³-hybridized carbons (Fsp3) is 0.571. The van der Waals surface area contributed by atoms with Crippen LogP contribution < -0.4 is 10.6 Å². The van der Waals surface area contributed by atoms with Gasteiger partial charge in [-0.15, -0.1) is 0 Å². The lowest BCUT2D eigenvalue weighted by Gasteiger charge is -2.22. The Morgan fingerprint density at radius 2 is 2.16 bits per heavy atom. The average Bonchev–Trinajstić information content (AvgIpc) is 2.27. The van der Waals surface area contributed by atoms with Crippen LogP contribution in [0.1, 0.15) is 33.4 Å². The molecule has 0 aromatic carbocycles. The van der Waals surface area contributed by atoms with Crippen LogP contribution in [0.25, 0.3) is 0 Å². The maximum absolute atomic E-state index is 11.5. The van der Waals surface area contributed by atoms with Gasteiger partial charge in [0.2, 0.25) is 0 Å². The van der Waals surface area contributed by atoms with Gasteiger partial charge in [-0.25, -0.2) is 4.79 Å². The molecule has 1 unspecified atom stereocenters. The zero-order valence-electron chi connectivity index (χ0n) is 12.1. The molecule has 0 fully saturated rings. The number of amides is 1. The molecule has 0 spiro atoms. The molecule has 5 nitrogen and oxygen atoms in total. The summed E-state index contributed by atoms with van der Waals surface area (Å²) in [4.78, 5) is 15.7. The van der Waals surface area contributed by atoms with Crippen molar-refractivity contribution in [2.45, 2.75) is 45.9 Å². The molecule has 19 heavy (non-hydrogen) atoms. The molecule has 1 heterocycles. The van der Waals surface area contributed by atoms with Crippen LogP contribution in [0, 0.1) is 0 Å². The molecule has 1 rings (SSSR count). The second-order valence-electron chi connectivity index (χ2n) is 5.50. The monoisotopic (exact) mass is 265 g/mol. The molecule has 0 bridgehead atoms. The second kappa shape index (κ2) is 7.09. The molecule has 0 aliphatic carbocycles. The van der Waals surface area contributed by atoms with Gasteiger partial charge in [0, 0.05) is 25.3 Å². The zero-order chi connectivity index (χ0) is 14.3. The van der Waals surface area contributed by atoms with Gasteiger partial charge in [-0.2, -0.15) is 0 Å². The van der Waals surface area contributed by atoms with Crippen LogP contribution in [0.15, 0.2) is 24.4 Å². The van der Waals surface area contributed by atoms with E-state index in [0.29, 0.717) is 13.1 Å². The summed E-state index contributed by atoms with van der Waals surface area (Å²) < 4.78 is 5.18. The topological polar surface area (TPSA) is 63.2 Å². The fourth-order valence-electron chi connectivity index (χ4n) is 1.48. The Bertz CT molecular complexity index is 387. The van der Waals surface area contributed by atoms with Crippen LogP contribution in [-0.2, 0) is 11.3 Å². The van der Waals surface area contributed by atoms with Crippen molar-refractivity contribution in [1.29, 1.82) is 0 Å². The normalized spacial score (nSPS) is 12.8. The maximum Gasteiger partial charge on any atom is 0.407 e. The lowest BCUT2D eigenvalue weighted by Crippen LogP contribution is -2.42. The van der Waals surface area contributed by atoms with E-state index in [9.17, 15) is 4.79 Å². The van der Waals surface area contributed by atoms with Crippen molar-refractivity contribution in [3.05, 3.63) is 30.1 Å². The highest BCUT2D eigenvalue weighted by Crippen LogP contribution is 2.06. The number of nitrogens with zero attached hydrogens (tertiary/aromatic N) is 1. The van der Waals surface area contributed by atoms with E-state index >= 15 is 0 Å². The SMILES string of the molecule is CC(CNCc1ccccn1)NC(=O)OC(C)(C)C. The lowest BCUT2D eigenvalue weighted by molar-refractivity contribution is 0.0508. The summed E-state index contributed by atoms with van der Waals surface area (Å²) in [5.41, 5.74) is 0.512. The molecular weight excluding hydrogens is 242 g/mol. The molecule has 0 radical (unpaired) electrons. The van der Waals surface area contributed by atoms with Crippen LogP contribution in [0.4, 0.5) is 4.79 Å². The van der Waals surface area contributed by atoms with Gasteiger partial charge in [-0.05, 0) is 39.8 Å². The van der Waals surface area contributed by atoms with Gasteiger partial charge in [0.1, 0.15) is 5.60 Å². The van der Waals surface area contributed by atoms with Gasteiger partial charge in [-0.3, -0.25) is 4.98 Å². The molecule has 5 heteroatoms. The van der Waals surface area contributed by atoms with Crippen molar-refractivity contribution >= 4 is 6.09 Å². The van der Waals surface area contributed by atoms with Crippen LogP contribution in [-0.4, -0.2) is 29.3 Å². The number of carbonyl (C=O) groups excluding carboxylic acids is 1. The van der Waals surface area contributed by atoms with E-state index in [2.05, 4.69) is 15.6 Å². The Hall–Kier alpha value is -1.62. The maximum atomic E-state index is 11.5. The highest BCUT2D eigenvalue weighted by atomic mass is 16.6. The third kappa shape index (κ3) is 7.41. The third-order valence-corrected chi connectivity index (χ3v) is 2.25. The lowest BCUT2D eigenvalue weighted by atomic mass is 10.2. The predicted octanol–water partition coefficient (Wildman–Crippen LogP) is 2.08. The summed E-state index contributed by atoms with van der Waals surface area (Å²) in [6.45, 7) is 8.80. The van der Waals surface area contributed by atoms with Crippen molar-refractivity contribution in [3.8, 4) is 0 Å². The fourth-order valence-corrected chi connectivity index (χ4v) is 1.48. The number of hydrogen-bond acceptors (Lipinski definition) is 4. The van der Waals surface area contributed by atoms with Gasteiger partial charge in [-0.1, -0.05) is 6.07 Å². The summed E-state index contributed by atoms with van der Waals surface area (Å²) in [6.07, 6.45) is 1.37. The summed E-state index contributed by atoms with van der Waals surface area (Å²) in [5, 5.41) is 6.02. The van der Waals surface area contributed by atoms with Gasteiger partial charge in [0.25, 0.3) is 0 Å². The zero-order valence-corrected chi connectivity index (χ0v) is 12.1. The van der Waals surface area contributed by atoms with Crippen molar-refractivity contribution in [1.82, 2.24) is 15.6 Å². The van der Waals surface area contributed by atoms with Crippen molar-refractivity contribution in [3.63, 3.8) is 0 Å². The molecule has 0 saturated heterocycles. The van der Waals surface area contributed by atoms with E-state index in [-0.39, 0.29) is 12.1 Å². The number of hydrogen-bond donors (Lipinski definition) is 2. The standard InChI is InChI=1S/C14H23N3O2/c1-11(17-13(18)19-14(2,3)4)9-15-10-12-7-5-6-8-16-12/h5-8,11,15H,9-10H2,1-4H3,(H,17,18). The molecule has 1 aromatic rings. The number of rotatable bonds is 5. The van der Waals surface area contributed by atoms with E-state index < -0.39 is 5.60 Å². The van der Waals surface area contributed by atoms with Gasteiger partial charge < -0.3 is 15.4 Å². The Morgan fingerprint density at radius 3 is 2.74 bits per heavy atom. The molecule has 1 atom stereocenters. The first-order valence-corrected chi connectivity index (χ1v) is 6.47. The number of alkyl carbamates (subject to hydrolysis) is 1. The minimum Gasteiger partial charge on any atom is -0.444 e. The molecule has 1 amide bonds. The number of pyridine rings is 1. The predicted molar refractivity (Wildman–Crippen MR) is 74.8 cm³/mol. The van der Waals surface area contributed by atoms with Crippen molar-refractivity contribution in [2.75, 3.05) is 6.54 Å². The van der Waals surface area contributed by atoms with E-state index in [0.717, 1.165) is 5.69 Å². The molecule has 106 valence electrons. The first-order chi connectivity index (χ1) is 8.87. The Kier molecular flexibility index (Phi) is 5.76. The second-order valence-corrected chi connectivity index (χ2v) is 5.50. The Morgan fingerprint density at radius 1 is 1.42 bits per heavy atom. The molecule has 0 aliphatic rings. The van der Waals surface area contributed by atoms with E-state index in [1.807, 2.05) is 45.9 Å². The third-order valence-electron chi connectivity index (χ3n) is 2.25. The van der Waals surface area contributed by atoms with Gasteiger partial charge in [0.05, 0.1) is 5.69 Å². The van der Waals surface area contributed by atoms with E-state index in [1.165, 1.54) is 0 Å². The van der Waals surface area contributed by atoms with E-state index in [1.54, 1.807) is 6.20 Å². The summed E-state index contributed by atoms with van der Waals surface area (Å²) >= 11 is 0. The van der Waals surface area contributed by atoms with Crippen molar-refractivity contribution in [2.24, 2.45) is 0 Å². The molecule has 0 saturated carbocycles. The quantitative estimate of drug-likeness (QED) is 0.855. The molecular formula is C14H23N3O2. The smallest absolute Gasteiger partial charge is 0.407 e. The number of aromatic nitrogens is 1. The summed E-state index contributed by atoms with van der Waals surface area (Å²) in [5.74, 6) is 0. The first kappa shape index (κ1) is 15.4. The van der Waals surface area contributed by atoms with E-state index in [4.69, 9.17) is 4.74 Å². The molecule has 0 aliphatic heterocycles. The molecule has 1 aromatic heterocycles. The molecule has 2 N–H and O–H groups in total. The largest absolute Gasteiger partial charge is 0.444 e. The van der Waals surface area contributed by atoms with Crippen molar-refractivity contribution < 1.29 is 9.53 Å². The highest BCUT2D eigenvalue weighted by Gasteiger charge is 2.17. The minimum absolute atomic E-state index is 0.00133.